The Hall–Kier alpha value is -1.69. The first-order valence-electron chi connectivity index (χ1n) is 5.25. The summed E-state index contributed by atoms with van der Waals surface area (Å²) in [5, 5.41) is 8.99. The second-order valence-corrected chi connectivity index (χ2v) is 4.55. The summed E-state index contributed by atoms with van der Waals surface area (Å²) in [6, 6.07) is 10.1. The van der Waals surface area contributed by atoms with Gasteiger partial charge < -0.3 is 9.64 Å². The molecule has 0 saturated heterocycles. The average molecular weight is 218 g/mol. The van der Waals surface area contributed by atoms with E-state index < -0.39 is 0 Å². The van der Waals surface area contributed by atoms with Crippen LogP contribution in [0.4, 0.5) is 5.69 Å². The molecule has 3 heteroatoms. The van der Waals surface area contributed by atoms with Gasteiger partial charge in [-0.1, -0.05) is 6.07 Å². The first kappa shape index (κ1) is 12.4. The number of nitrogens with zero attached hydrogens (tertiary/aromatic N) is 2. The lowest BCUT2D eigenvalue weighted by atomic mass is 9.95. The fraction of sp³-hybridized carbons (Fsp3) is 0.462. The Morgan fingerprint density at radius 3 is 2.69 bits per heavy atom. The van der Waals surface area contributed by atoms with Crippen LogP contribution >= 0.6 is 0 Å². The van der Waals surface area contributed by atoms with E-state index in [1.54, 1.807) is 7.11 Å². The number of benzene rings is 1. The van der Waals surface area contributed by atoms with Crippen LogP contribution in [0.25, 0.3) is 0 Å². The Balaban J connectivity index is 2.81. The quantitative estimate of drug-likeness (QED) is 0.779. The third-order valence-corrected chi connectivity index (χ3v) is 2.43. The summed E-state index contributed by atoms with van der Waals surface area (Å²) in [7, 11) is 3.63. The minimum Gasteiger partial charge on any atom is -0.497 e. The van der Waals surface area contributed by atoms with Crippen LogP contribution in [0, 0.1) is 16.7 Å². The van der Waals surface area contributed by atoms with Crippen molar-refractivity contribution >= 4 is 5.69 Å². The molecule has 1 rings (SSSR count). The Morgan fingerprint density at radius 2 is 2.12 bits per heavy atom. The van der Waals surface area contributed by atoms with Gasteiger partial charge in [-0.3, -0.25) is 0 Å². The van der Waals surface area contributed by atoms with Gasteiger partial charge in [0.2, 0.25) is 0 Å². The zero-order valence-electron chi connectivity index (χ0n) is 10.3. The molecular formula is C13H18N2O. The molecule has 0 heterocycles. The van der Waals surface area contributed by atoms with Crippen molar-refractivity contribution in [2.45, 2.75) is 13.8 Å². The first-order chi connectivity index (χ1) is 7.48. The van der Waals surface area contributed by atoms with Gasteiger partial charge in [0.1, 0.15) is 5.75 Å². The molecule has 0 fully saturated rings. The molecule has 86 valence electrons. The molecule has 0 amide bonds. The van der Waals surface area contributed by atoms with Gasteiger partial charge in [0.15, 0.2) is 0 Å². The monoisotopic (exact) mass is 218 g/mol. The Bertz CT molecular complexity index is 393. The fourth-order valence-electron chi connectivity index (χ4n) is 1.57. The summed E-state index contributed by atoms with van der Waals surface area (Å²) in [5.74, 6) is 0.833. The highest BCUT2D eigenvalue weighted by Crippen LogP contribution is 2.23. The van der Waals surface area contributed by atoms with Crippen molar-refractivity contribution in [1.82, 2.24) is 0 Å². The van der Waals surface area contributed by atoms with Crippen molar-refractivity contribution < 1.29 is 4.74 Å². The highest BCUT2D eigenvalue weighted by Gasteiger charge is 2.19. The predicted octanol–water partition coefficient (Wildman–Crippen LogP) is 2.68. The van der Waals surface area contributed by atoms with Crippen molar-refractivity contribution in [2.24, 2.45) is 5.41 Å². The second-order valence-electron chi connectivity index (χ2n) is 4.55. The molecule has 0 aromatic heterocycles. The van der Waals surface area contributed by atoms with Crippen LogP contribution in [0.3, 0.4) is 0 Å². The van der Waals surface area contributed by atoms with E-state index in [1.165, 1.54) is 0 Å². The molecule has 0 bridgehead atoms. The fourth-order valence-corrected chi connectivity index (χ4v) is 1.57. The molecule has 0 atom stereocenters. The lowest BCUT2D eigenvalue weighted by Crippen LogP contribution is -2.30. The zero-order chi connectivity index (χ0) is 12.2. The van der Waals surface area contributed by atoms with Gasteiger partial charge in [-0.2, -0.15) is 5.26 Å². The lowest BCUT2D eigenvalue weighted by Gasteiger charge is -2.26. The van der Waals surface area contributed by atoms with Crippen LogP contribution in [0.5, 0.6) is 5.75 Å². The SMILES string of the molecule is COc1cccc(N(C)CC(C)(C)C#N)c1. The minimum atomic E-state index is -0.349. The van der Waals surface area contributed by atoms with Gasteiger partial charge in [-0.05, 0) is 26.0 Å². The average Bonchev–Trinajstić information content (AvgIpc) is 2.28. The molecule has 0 radical (unpaired) electrons. The van der Waals surface area contributed by atoms with Gasteiger partial charge in [0, 0.05) is 25.3 Å². The number of methoxy groups -OCH3 is 1. The van der Waals surface area contributed by atoms with Crippen molar-refractivity contribution in [1.29, 1.82) is 5.26 Å². The Morgan fingerprint density at radius 1 is 1.44 bits per heavy atom. The van der Waals surface area contributed by atoms with Gasteiger partial charge in [-0.15, -0.1) is 0 Å². The molecule has 1 aromatic carbocycles. The summed E-state index contributed by atoms with van der Waals surface area (Å²) in [4.78, 5) is 2.06. The van der Waals surface area contributed by atoms with Crippen molar-refractivity contribution in [3.63, 3.8) is 0 Å². The Kier molecular flexibility index (Phi) is 3.78. The number of hydrogen-bond donors (Lipinski definition) is 0. The molecule has 0 saturated carbocycles. The highest BCUT2D eigenvalue weighted by molar-refractivity contribution is 5.50. The topological polar surface area (TPSA) is 36.3 Å². The van der Waals surface area contributed by atoms with Gasteiger partial charge in [0.05, 0.1) is 18.6 Å². The molecule has 1 aromatic rings. The molecule has 0 spiro atoms. The van der Waals surface area contributed by atoms with Crippen LogP contribution in [0.15, 0.2) is 24.3 Å². The molecular weight excluding hydrogens is 200 g/mol. The molecule has 3 nitrogen and oxygen atoms in total. The van der Waals surface area contributed by atoms with Crippen LogP contribution in [-0.4, -0.2) is 20.7 Å². The van der Waals surface area contributed by atoms with Crippen LogP contribution in [0.2, 0.25) is 0 Å². The van der Waals surface area contributed by atoms with E-state index in [0.717, 1.165) is 11.4 Å². The van der Waals surface area contributed by atoms with E-state index in [9.17, 15) is 0 Å². The normalized spacial score (nSPS) is 10.7. The summed E-state index contributed by atoms with van der Waals surface area (Å²) in [5.41, 5.74) is 0.709. The molecule has 0 N–H and O–H groups in total. The number of nitriles is 1. The van der Waals surface area contributed by atoms with E-state index >= 15 is 0 Å². The lowest BCUT2D eigenvalue weighted by molar-refractivity contribution is 0.414. The molecule has 0 aliphatic carbocycles. The second kappa shape index (κ2) is 4.89. The molecule has 16 heavy (non-hydrogen) atoms. The van der Waals surface area contributed by atoms with Crippen LogP contribution in [0.1, 0.15) is 13.8 Å². The molecule has 0 aliphatic rings. The van der Waals surface area contributed by atoms with E-state index in [-0.39, 0.29) is 5.41 Å². The predicted molar refractivity (Wildman–Crippen MR) is 65.7 cm³/mol. The summed E-state index contributed by atoms with van der Waals surface area (Å²) < 4.78 is 5.17. The Labute approximate surface area is 97.3 Å². The molecule has 0 unspecified atom stereocenters. The van der Waals surface area contributed by atoms with Crippen LogP contribution < -0.4 is 9.64 Å². The van der Waals surface area contributed by atoms with Crippen molar-refractivity contribution in [3.05, 3.63) is 24.3 Å². The van der Waals surface area contributed by atoms with Gasteiger partial charge in [0.25, 0.3) is 0 Å². The maximum atomic E-state index is 8.99. The first-order valence-corrected chi connectivity index (χ1v) is 5.25. The van der Waals surface area contributed by atoms with E-state index in [4.69, 9.17) is 10.00 Å². The van der Waals surface area contributed by atoms with Gasteiger partial charge >= 0.3 is 0 Å². The highest BCUT2D eigenvalue weighted by atomic mass is 16.5. The summed E-state index contributed by atoms with van der Waals surface area (Å²) in [6.07, 6.45) is 0. The number of hydrogen-bond acceptors (Lipinski definition) is 3. The van der Waals surface area contributed by atoms with E-state index in [1.807, 2.05) is 45.2 Å². The maximum absolute atomic E-state index is 8.99. The summed E-state index contributed by atoms with van der Waals surface area (Å²) >= 11 is 0. The largest absolute Gasteiger partial charge is 0.497 e. The third-order valence-electron chi connectivity index (χ3n) is 2.43. The number of anilines is 1. The minimum absolute atomic E-state index is 0.349. The smallest absolute Gasteiger partial charge is 0.120 e. The zero-order valence-corrected chi connectivity index (χ0v) is 10.3. The van der Waals surface area contributed by atoms with Crippen LogP contribution in [-0.2, 0) is 0 Å². The molecule has 0 aliphatic heterocycles. The van der Waals surface area contributed by atoms with E-state index in [2.05, 4.69) is 11.0 Å². The number of rotatable bonds is 4. The maximum Gasteiger partial charge on any atom is 0.120 e. The summed E-state index contributed by atoms with van der Waals surface area (Å²) in [6.45, 7) is 4.56. The van der Waals surface area contributed by atoms with E-state index in [0.29, 0.717) is 6.54 Å². The third kappa shape index (κ3) is 3.16. The standard InChI is InChI=1S/C13H18N2O/c1-13(2,9-14)10-15(3)11-6-5-7-12(8-11)16-4/h5-8H,10H2,1-4H3. The van der Waals surface area contributed by atoms with Crippen molar-refractivity contribution in [3.8, 4) is 11.8 Å². The van der Waals surface area contributed by atoms with Crippen molar-refractivity contribution in [2.75, 3.05) is 25.6 Å². The number of ether oxygens (including phenoxy) is 1. The van der Waals surface area contributed by atoms with Gasteiger partial charge in [-0.25, -0.2) is 0 Å².